The average Bonchev–Trinajstić information content (AvgIpc) is 2.35. The zero-order valence-electron chi connectivity index (χ0n) is 11.1. The average molecular weight is 252 g/mol. The van der Waals surface area contributed by atoms with E-state index in [9.17, 15) is 4.39 Å². The number of benzene rings is 1. The minimum atomic E-state index is -0.245. The second-order valence-corrected chi connectivity index (χ2v) is 5.12. The van der Waals surface area contributed by atoms with Crippen molar-refractivity contribution in [2.24, 2.45) is 5.92 Å². The lowest BCUT2D eigenvalue weighted by atomic mass is 10.0. The summed E-state index contributed by atoms with van der Waals surface area (Å²) in [5, 5.41) is 0. The van der Waals surface area contributed by atoms with Crippen molar-refractivity contribution in [1.82, 2.24) is 0 Å². The van der Waals surface area contributed by atoms with Crippen LogP contribution in [-0.2, 0) is 4.74 Å². The quantitative estimate of drug-likeness (QED) is 0.840. The molecule has 1 saturated heterocycles. The lowest BCUT2D eigenvalue weighted by Gasteiger charge is -2.29. The van der Waals surface area contributed by atoms with Crippen LogP contribution in [0.1, 0.15) is 18.4 Å². The van der Waals surface area contributed by atoms with Gasteiger partial charge in [-0.3, -0.25) is 0 Å². The first-order valence-electron chi connectivity index (χ1n) is 6.42. The second kappa shape index (κ2) is 5.57. The van der Waals surface area contributed by atoms with E-state index in [1.165, 1.54) is 12.5 Å². The van der Waals surface area contributed by atoms with Gasteiger partial charge in [-0.05, 0) is 43.4 Å². The number of nitrogens with two attached hydrogens (primary N) is 1. The number of hydrogen-bond donors (Lipinski definition) is 1. The minimum absolute atomic E-state index is 0.245. The lowest BCUT2D eigenvalue weighted by molar-refractivity contribution is 0.0576. The fraction of sp³-hybridized carbons (Fsp3) is 0.571. The van der Waals surface area contributed by atoms with Crippen molar-refractivity contribution >= 4 is 11.4 Å². The molecule has 0 bridgehead atoms. The van der Waals surface area contributed by atoms with Crippen LogP contribution in [0.15, 0.2) is 12.1 Å². The molecule has 1 unspecified atom stereocenters. The summed E-state index contributed by atoms with van der Waals surface area (Å²) < 4.78 is 18.8. The summed E-state index contributed by atoms with van der Waals surface area (Å²) in [6, 6.07) is 3.22. The van der Waals surface area contributed by atoms with E-state index >= 15 is 0 Å². The zero-order chi connectivity index (χ0) is 13.1. The van der Waals surface area contributed by atoms with Crippen molar-refractivity contribution in [3.8, 4) is 0 Å². The van der Waals surface area contributed by atoms with E-state index in [1.807, 2.05) is 13.1 Å². The number of hydrogen-bond acceptors (Lipinski definition) is 3. The van der Waals surface area contributed by atoms with Crippen molar-refractivity contribution in [2.45, 2.75) is 19.8 Å². The van der Waals surface area contributed by atoms with Crippen LogP contribution in [0, 0.1) is 18.7 Å². The van der Waals surface area contributed by atoms with E-state index in [2.05, 4.69) is 4.90 Å². The van der Waals surface area contributed by atoms with Gasteiger partial charge in [-0.1, -0.05) is 0 Å². The van der Waals surface area contributed by atoms with E-state index in [4.69, 9.17) is 10.5 Å². The Balaban J connectivity index is 2.08. The highest BCUT2D eigenvalue weighted by atomic mass is 19.1. The van der Waals surface area contributed by atoms with Crippen LogP contribution in [0.5, 0.6) is 0 Å². The second-order valence-electron chi connectivity index (χ2n) is 5.12. The number of nitrogens with zero attached hydrogens (tertiary/aromatic N) is 1. The maximum atomic E-state index is 13.4. The number of halogens is 1. The Hall–Kier alpha value is -1.29. The minimum Gasteiger partial charge on any atom is -0.397 e. The molecule has 0 aromatic heterocycles. The topological polar surface area (TPSA) is 38.5 Å². The number of aryl methyl sites for hydroxylation is 1. The first-order valence-corrected chi connectivity index (χ1v) is 6.42. The van der Waals surface area contributed by atoms with E-state index in [-0.39, 0.29) is 5.82 Å². The fourth-order valence-corrected chi connectivity index (χ4v) is 2.45. The Morgan fingerprint density at radius 3 is 2.94 bits per heavy atom. The van der Waals surface area contributed by atoms with E-state index in [0.29, 0.717) is 17.2 Å². The van der Waals surface area contributed by atoms with Crippen molar-refractivity contribution in [2.75, 3.05) is 37.4 Å². The van der Waals surface area contributed by atoms with Crippen LogP contribution in [0.4, 0.5) is 15.8 Å². The number of anilines is 2. The molecule has 18 heavy (non-hydrogen) atoms. The predicted molar refractivity (Wildman–Crippen MR) is 72.4 cm³/mol. The van der Waals surface area contributed by atoms with Gasteiger partial charge in [-0.2, -0.15) is 0 Å². The SMILES string of the molecule is Cc1cc(N(C)CC2CCCOC2)c(N)cc1F. The standard InChI is InChI=1S/C14H21FN2O/c1-10-6-14(13(16)7-12(10)15)17(2)8-11-4-3-5-18-9-11/h6-7,11H,3-5,8-9,16H2,1-2H3. The summed E-state index contributed by atoms with van der Waals surface area (Å²) in [6.45, 7) is 4.34. The predicted octanol–water partition coefficient (Wildman–Crippen LogP) is 2.58. The monoisotopic (exact) mass is 252 g/mol. The van der Waals surface area contributed by atoms with Crippen LogP contribution in [0.2, 0.25) is 0 Å². The molecule has 0 radical (unpaired) electrons. The number of nitrogen functional groups attached to an aromatic ring is 1. The first kappa shape index (κ1) is 13.1. The molecule has 1 aromatic rings. The van der Waals surface area contributed by atoms with Gasteiger partial charge in [0.05, 0.1) is 18.0 Å². The third kappa shape index (κ3) is 2.93. The van der Waals surface area contributed by atoms with Gasteiger partial charge >= 0.3 is 0 Å². The smallest absolute Gasteiger partial charge is 0.128 e. The number of ether oxygens (including phenoxy) is 1. The van der Waals surface area contributed by atoms with Gasteiger partial charge in [0, 0.05) is 20.2 Å². The van der Waals surface area contributed by atoms with Gasteiger partial charge in [0.25, 0.3) is 0 Å². The summed E-state index contributed by atoms with van der Waals surface area (Å²) in [6.07, 6.45) is 2.31. The van der Waals surface area contributed by atoms with E-state index in [1.54, 1.807) is 6.92 Å². The van der Waals surface area contributed by atoms with Gasteiger partial charge < -0.3 is 15.4 Å². The largest absolute Gasteiger partial charge is 0.397 e. The Kier molecular flexibility index (Phi) is 4.07. The van der Waals surface area contributed by atoms with Crippen LogP contribution in [0.25, 0.3) is 0 Å². The molecule has 1 aliphatic rings. The Bertz CT molecular complexity index is 417. The lowest BCUT2D eigenvalue weighted by Crippen LogP contribution is -2.31. The Morgan fingerprint density at radius 2 is 2.28 bits per heavy atom. The molecule has 0 spiro atoms. The molecule has 2 rings (SSSR count). The van der Waals surface area contributed by atoms with Gasteiger partial charge in [-0.25, -0.2) is 4.39 Å². The zero-order valence-corrected chi connectivity index (χ0v) is 11.1. The summed E-state index contributed by atoms with van der Waals surface area (Å²) in [4.78, 5) is 2.10. The third-order valence-corrected chi connectivity index (χ3v) is 3.51. The summed E-state index contributed by atoms with van der Waals surface area (Å²) in [5.74, 6) is 0.291. The molecule has 1 aliphatic heterocycles. The number of rotatable bonds is 3. The van der Waals surface area contributed by atoms with Crippen molar-refractivity contribution in [1.29, 1.82) is 0 Å². The maximum Gasteiger partial charge on any atom is 0.128 e. The summed E-state index contributed by atoms with van der Waals surface area (Å²) in [7, 11) is 2.00. The van der Waals surface area contributed by atoms with Crippen LogP contribution >= 0.6 is 0 Å². The molecule has 2 N–H and O–H groups in total. The molecule has 0 saturated carbocycles. The highest BCUT2D eigenvalue weighted by molar-refractivity contribution is 5.68. The van der Waals surface area contributed by atoms with Crippen molar-refractivity contribution in [3.63, 3.8) is 0 Å². The van der Waals surface area contributed by atoms with Crippen molar-refractivity contribution in [3.05, 3.63) is 23.5 Å². The van der Waals surface area contributed by atoms with E-state index in [0.717, 1.165) is 31.9 Å². The summed E-state index contributed by atoms with van der Waals surface area (Å²) >= 11 is 0. The van der Waals surface area contributed by atoms with Crippen LogP contribution in [-0.4, -0.2) is 26.8 Å². The van der Waals surface area contributed by atoms with Gasteiger partial charge in [0.1, 0.15) is 5.82 Å². The molecule has 1 heterocycles. The Labute approximate surface area is 108 Å². The molecular weight excluding hydrogens is 231 g/mol. The highest BCUT2D eigenvalue weighted by Crippen LogP contribution is 2.27. The molecule has 0 amide bonds. The first-order chi connectivity index (χ1) is 8.58. The molecule has 3 nitrogen and oxygen atoms in total. The molecular formula is C14H21FN2O. The summed E-state index contributed by atoms with van der Waals surface area (Å²) in [5.41, 5.74) is 7.91. The van der Waals surface area contributed by atoms with Gasteiger partial charge in [-0.15, -0.1) is 0 Å². The third-order valence-electron chi connectivity index (χ3n) is 3.51. The van der Waals surface area contributed by atoms with Gasteiger partial charge in [0.15, 0.2) is 0 Å². The van der Waals surface area contributed by atoms with Gasteiger partial charge in [0.2, 0.25) is 0 Å². The molecule has 1 fully saturated rings. The normalized spacial score (nSPS) is 19.8. The molecule has 1 aromatic carbocycles. The Morgan fingerprint density at radius 1 is 1.50 bits per heavy atom. The fourth-order valence-electron chi connectivity index (χ4n) is 2.45. The molecule has 0 aliphatic carbocycles. The van der Waals surface area contributed by atoms with Crippen molar-refractivity contribution < 1.29 is 9.13 Å². The molecule has 1 atom stereocenters. The molecule has 4 heteroatoms. The maximum absolute atomic E-state index is 13.4. The van der Waals surface area contributed by atoms with Crippen LogP contribution < -0.4 is 10.6 Å². The van der Waals surface area contributed by atoms with Crippen LogP contribution in [0.3, 0.4) is 0 Å². The van der Waals surface area contributed by atoms with E-state index < -0.39 is 0 Å². The molecule has 100 valence electrons. The highest BCUT2D eigenvalue weighted by Gasteiger charge is 2.17.